The van der Waals surface area contributed by atoms with Crippen molar-refractivity contribution in [3.05, 3.63) is 17.0 Å². The first-order valence-electron chi connectivity index (χ1n) is 9.98. The topological polar surface area (TPSA) is 27.1 Å². The number of nitrogens with zero attached hydrogens (tertiary/aromatic N) is 2. The molecule has 0 saturated carbocycles. The lowest BCUT2D eigenvalue weighted by Gasteiger charge is -2.42. The fourth-order valence-corrected chi connectivity index (χ4v) is 9.98. The Morgan fingerprint density at radius 3 is 1.88 bits per heavy atom. The molecular weight excluding hydrogens is 324 g/mol. The van der Waals surface area contributed by atoms with Gasteiger partial charge in [0.2, 0.25) is 0 Å². The molecule has 0 atom stereocenters. The van der Waals surface area contributed by atoms with E-state index in [1.54, 1.807) is 0 Å². The van der Waals surface area contributed by atoms with Crippen LogP contribution < -0.4 is 0 Å². The normalized spacial score (nSPS) is 13.5. The van der Waals surface area contributed by atoms with E-state index in [1.807, 2.05) is 4.68 Å². The molecule has 0 amide bonds. The summed E-state index contributed by atoms with van der Waals surface area (Å²) < 4.78 is 8.81. The van der Waals surface area contributed by atoms with Crippen LogP contribution in [-0.2, 0) is 24.3 Å². The average molecular weight is 367 g/mol. The van der Waals surface area contributed by atoms with Crippen LogP contribution in [0.1, 0.15) is 79.3 Å². The first-order chi connectivity index (χ1) is 11.3. The highest BCUT2D eigenvalue weighted by Gasteiger charge is 2.44. The van der Waals surface area contributed by atoms with Gasteiger partial charge in [0.05, 0.1) is 5.69 Å². The van der Waals surface area contributed by atoms with Crippen LogP contribution in [0.15, 0.2) is 0 Å². The molecule has 0 aliphatic rings. The van der Waals surface area contributed by atoms with Crippen LogP contribution in [0.3, 0.4) is 0 Å². The van der Waals surface area contributed by atoms with E-state index in [2.05, 4.69) is 76.3 Å². The summed E-state index contributed by atoms with van der Waals surface area (Å²) in [4.78, 5) is 0. The van der Waals surface area contributed by atoms with Crippen LogP contribution in [-0.4, -0.2) is 24.7 Å². The van der Waals surface area contributed by atoms with Gasteiger partial charge in [0.15, 0.2) is 8.32 Å². The summed E-state index contributed by atoms with van der Waals surface area (Å²) in [5.74, 6) is 0. The molecule has 0 N–H and O–H groups in total. The molecule has 0 aliphatic heterocycles. The van der Waals surface area contributed by atoms with Gasteiger partial charge in [-0.3, -0.25) is 4.68 Å². The van der Waals surface area contributed by atoms with E-state index < -0.39 is 8.32 Å². The van der Waals surface area contributed by atoms with E-state index in [-0.39, 0.29) is 5.41 Å². The quantitative estimate of drug-likeness (QED) is 0.523. The van der Waals surface area contributed by atoms with Crippen molar-refractivity contribution in [3.63, 3.8) is 0 Å². The lowest BCUT2D eigenvalue weighted by Crippen LogP contribution is -2.48. The average Bonchev–Trinajstić information content (AvgIpc) is 2.67. The first kappa shape index (κ1) is 22.4. The Morgan fingerprint density at radius 2 is 1.48 bits per heavy atom. The molecule has 1 rings (SSSR count). The van der Waals surface area contributed by atoms with Crippen LogP contribution in [0.2, 0.25) is 16.6 Å². The van der Waals surface area contributed by atoms with E-state index in [0.29, 0.717) is 16.6 Å². The molecule has 0 radical (unpaired) electrons. The predicted molar refractivity (Wildman–Crippen MR) is 112 cm³/mol. The Kier molecular flexibility index (Phi) is 7.52. The minimum Gasteiger partial charge on any atom is -0.416 e. The Bertz CT molecular complexity index is 531. The van der Waals surface area contributed by atoms with Crippen molar-refractivity contribution in [2.24, 2.45) is 12.5 Å². The van der Waals surface area contributed by atoms with Gasteiger partial charge in [-0.15, -0.1) is 0 Å². The first-order valence-corrected chi connectivity index (χ1v) is 12.1. The molecule has 1 aromatic heterocycles. The maximum Gasteiger partial charge on any atom is 0.200 e. The molecule has 0 unspecified atom stereocenters. The number of aryl methyl sites for hydroxylation is 1. The summed E-state index contributed by atoms with van der Waals surface area (Å²) in [6, 6.07) is 0. The van der Waals surface area contributed by atoms with Gasteiger partial charge in [0, 0.05) is 19.3 Å². The molecule has 0 saturated heterocycles. The van der Waals surface area contributed by atoms with Crippen molar-refractivity contribution in [3.8, 4) is 0 Å². The zero-order valence-electron chi connectivity index (χ0n) is 18.7. The molecule has 25 heavy (non-hydrogen) atoms. The van der Waals surface area contributed by atoms with E-state index in [0.717, 1.165) is 19.4 Å². The Balaban J connectivity index is 2.97. The lowest BCUT2D eigenvalue weighted by molar-refractivity contribution is 0.280. The second-order valence-corrected chi connectivity index (χ2v) is 15.2. The van der Waals surface area contributed by atoms with Gasteiger partial charge in [-0.05, 0) is 47.4 Å². The van der Waals surface area contributed by atoms with Crippen LogP contribution in [0.25, 0.3) is 0 Å². The van der Waals surface area contributed by atoms with Crippen molar-refractivity contribution in [1.29, 1.82) is 0 Å². The summed E-state index contributed by atoms with van der Waals surface area (Å²) in [5, 5.41) is 4.79. The molecule has 0 spiro atoms. The lowest BCUT2D eigenvalue weighted by atomic mass is 9.88. The van der Waals surface area contributed by atoms with Gasteiger partial charge in [0.25, 0.3) is 0 Å². The van der Waals surface area contributed by atoms with Crippen molar-refractivity contribution >= 4 is 8.32 Å². The summed E-state index contributed by atoms with van der Waals surface area (Å²) >= 11 is 0. The number of hydrogen-bond acceptors (Lipinski definition) is 2. The Hall–Kier alpha value is -0.613. The van der Waals surface area contributed by atoms with E-state index in [9.17, 15) is 0 Å². The molecule has 0 aliphatic carbocycles. The summed E-state index contributed by atoms with van der Waals surface area (Å²) in [7, 11) is 0.273. The molecule has 0 fully saturated rings. The highest BCUT2D eigenvalue weighted by Crippen LogP contribution is 2.42. The number of aromatic nitrogens is 2. The van der Waals surface area contributed by atoms with Crippen LogP contribution in [0.4, 0.5) is 0 Å². The summed E-state index contributed by atoms with van der Waals surface area (Å²) in [6.45, 7) is 24.0. The minimum absolute atomic E-state index is 0.253. The predicted octanol–water partition coefficient (Wildman–Crippen LogP) is 6.05. The highest BCUT2D eigenvalue weighted by molar-refractivity contribution is 6.77. The Labute approximate surface area is 157 Å². The van der Waals surface area contributed by atoms with E-state index >= 15 is 0 Å². The molecule has 146 valence electrons. The Morgan fingerprint density at radius 1 is 1.00 bits per heavy atom. The molecule has 3 nitrogen and oxygen atoms in total. The maximum absolute atomic E-state index is 6.77. The standard InChI is InChI=1S/C21H42N2OSi/c1-15(2)25(16(3)4,17(5)6)24-13-12-19-18(7)23(11)22-20(19)14-21(8,9)10/h15-17H,12-14H2,1-11H3. The van der Waals surface area contributed by atoms with Gasteiger partial charge in [0.1, 0.15) is 0 Å². The van der Waals surface area contributed by atoms with Gasteiger partial charge < -0.3 is 4.43 Å². The summed E-state index contributed by atoms with van der Waals surface area (Å²) in [6.07, 6.45) is 2.00. The third kappa shape index (κ3) is 5.19. The second kappa shape index (κ2) is 8.39. The van der Waals surface area contributed by atoms with Crippen molar-refractivity contribution in [2.45, 2.75) is 98.7 Å². The molecule has 1 heterocycles. The fraction of sp³-hybridized carbons (Fsp3) is 0.857. The third-order valence-corrected chi connectivity index (χ3v) is 11.8. The monoisotopic (exact) mass is 366 g/mol. The highest BCUT2D eigenvalue weighted by atomic mass is 28.4. The zero-order chi connectivity index (χ0) is 19.6. The van der Waals surface area contributed by atoms with Crippen LogP contribution in [0, 0.1) is 12.3 Å². The van der Waals surface area contributed by atoms with Crippen molar-refractivity contribution in [2.75, 3.05) is 6.61 Å². The smallest absolute Gasteiger partial charge is 0.200 e. The summed E-state index contributed by atoms with van der Waals surface area (Å²) in [5.41, 5.74) is 6.10. The van der Waals surface area contributed by atoms with Gasteiger partial charge >= 0.3 is 0 Å². The molecule has 0 bridgehead atoms. The van der Waals surface area contributed by atoms with Crippen molar-refractivity contribution in [1.82, 2.24) is 9.78 Å². The minimum atomic E-state index is -1.78. The molecule has 0 aromatic carbocycles. The zero-order valence-corrected chi connectivity index (χ0v) is 19.7. The molecule has 4 heteroatoms. The largest absolute Gasteiger partial charge is 0.416 e. The van der Waals surface area contributed by atoms with Crippen LogP contribution in [0.5, 0.6) is 0 Å². The van der Waals surface area contributed by atoms with E-state index in [1.165, 1.54) is 17.0 Å². The molecule has 1 aromatic rings. The maximum atomic E-state index is 6.77. The van der Waals surface area contributed by atoms with Crippen LogP contribution >= 0.6 is 0 Å². The van der Waals surface area contributed by atoms with Gasteiger partial charge in [-0.2, -0.15) is 5.10 Å². The van der Waals surface area contributed by atoms with Gasteiger partial charge in [-0.25, -0.2) is 0 Å². The number of hydrogen-bond donors (Lipinski definition) is 0. The SMILES string of the molecule is Cc1c(CCO[Si](C(C)C)(C(C)C)C(C)C)c(CC(C)(C)C)nn1C. The fourth-order valence-electron chi connectivity index (χ4n) is 4.52. The van der Waals surface area contributed by atoms with Gasteiger partial charge in [-0.1, -0.05) is 62.3 Å². The number of rotatable bonds is 8. The second-order valence-electron chi connectivity index (χ2n) is 9.79. The molecular formula is C21H42N2OSi. The third-order valence-electron chi connectivity index (χ3n) is 5.65. The van der Waals surface area contributed by atoms with Crippen molar-refractivity contribution < 1.29 is 4.43 Å². The van der Waals surface area contributed by atoms with E-state index in [4.69, 9.17) is 9.52 Å².